The normalized spacial score (nSPS) is 18.0. The number of hydrogen-bond acceptors (Lipinski definition) is 4. The maximum absolute atomic E-state index is 13.4. The van der Waals surface area contributed by atoms with E-state index in [9.17, 15) is 9.59 Å². The molecule has 0 aliphatic carbocycles. The predicted octanol–water partition coefficient (Wildman–Crippen LogP) is 4.28. The number of piperidine rings is 1. The molecule has 1 saturated heterocycles. The predicted molar refractivity (Wildman–Crippen MR) is 127 cm³/mol. The van der Waals surface area contributed by atoms with Crippen LogP contribution in [0.1, 0.15) is 77.2 Å². The lowest BCUT2D eigenvalue weighted by atomic mass is 9.97. The molecule has 0 radical (unpaired) electrons. The highest BCUT2D eigenvalue weighted by Gasteiger charge is 2.37. The molecule has 1 atom stereocenters. The van der Waals surface area contributed by atoms with Crippen molar-refractivity contribution >= 4 is 17.5 Å². The molecule has 0 bridgehead atoms. The molecule has 170 valence electrons. The standard InChI is InChI=1S/C26H29N5O2/c1-18(2)31-17-27-24(28-31)22-16-30(26(33)19-9-5-3-6-10-19)23-12-11-20(15-21(22)23)25(32)29-13-7-4-8-14-29/h3,5-6,9-12,15,17-18,22H,4,7-8,13-14,16H2,1-2H3/t22-/m1/s1. The van der Waals surface area contributed by atoms with Gasteiger partial charge < -0.3 is 9.80 Å². The molecule has 33 heavy (non-hydrogen) atoms. The van der Waals surface area contributed by atoms with Crippen molar-refractivity contribution in [1.29, 1.82) is 0 Å². The van der Waals surface area contributed by atoms with Crippen LogP contribution in [-0.2, 0) is 0 Å². The zero-order valence-electron chi connectivity index (χ0n) is 19.1. The molecule has 0 spiro atoms. The third-order valence-corrected chi connectivity index (χ3v) is 6.58. The number of nitrogens with zero attached hydrogens (tertiary/aromatic N) is 5. The minimum Gasteiger partial charge on any atom is -0.339 e. The largest absolute Gasteiger partial charge is 0.339 e. The van der Waals surface area contributed by atoms with Crippen LogP contribution in [0.4, 0.5) is 5.69 Å². The second-order valence-electron chi connectivity index (χ2n) is 9.14. The van der Waals surface area contributed by atoms with E-state index in [1.165, 1.54) is 6.42 Å². The number of likely N-dealkylation sites (tertiary alicyclic amines) is 1. The Hall–Kier alpha value is -3.48. The Kier molecular flexibility index (Phi) is 5.70. The molecule has 0 unspecified atom stereocenters. The van der Waals surface area contributed by atoms with E-state index in [1.807, 2.05) is 58.1 Å². The van der Waals surface area contributed by atoms with Gasteiger partial charge in [-0.1, -0.05) is 18.2 Å². The van der Waals surface area contributed by atoms with Crippen LogP contribution < -0.4 is 4.90 Å². The summed E-state index contributed by atoms with van der Waals surface area (Å²) in [5.74, 6) is 0.500. The first-order valence-electron chi connectivity index (χ1n) is 11.7. The van der Waals surface area contributed by atoms with Gasteiger partial charge in [0.2, 0.25) is 0 Å². The molecule has 2 aliphatic rings. The molecule has 2 aliphatic heterocycles. The highest BCUT2D eigenvalue weighted by molar-refractivity contribution is 6.08. The summed E-state index contributed by atoms with van der Waals surface area (Å²) in [5, 5.41) is 4.69. The lowest BCUT2D eigenvalue weighted by molar-refractivity contribution is 0.0724. The van der Waals surface area contributed by atoms with Crippen LogP contribution in [0.2, 0.25) is 0 Å². The fourth-order valence-corrected chi connectivity index (χ4v) is 4.72. The van der Waals surface area contributed by atoms with Gasteiger partial charge in [0, 0.05) is 42.5 Å². The summed E-state index contributed by atoms with van der Waals surface area (Å²) < 4.78 is 1.83. The molecule has 7 heteroatoms. The summed E-state index contributed by atoms with van der Waals surface area (Å²) in [5.41, 5.74) is 3.06. The van der Waals surface area contributed by atoms with Gasteiger partial charge in [0.25, 0.3) is 11.8 Å². The van der Waals surface area contributed by atoms with Crippen molar-refractivity contribution in [2.75, 3.05) is 24.5 Å². The summed E-state index contributed by atoms with van der Waals surface area (Å²) in [7, 11) is 0. The summed E-state index contributed by atoms with van der Waals surface area (Å²) in [4.78, 5) is 34.9. The Morgan fingerprint density at radius 2 is 1.70 bits per heavy atom. The quantitative estimate of drug-likeness (QED) is 0.604. The van der Waals surface area contributed by atoms with Gasteiger partial charge in [-0.15, -0.1) is 0 Å². The number of fused-ring (bicyclic) bond motifs is 1. The zero-order chi connectivity index (χ0) is 22.9. The third-order valence-electron chi connectivity index (χ3n) is 6.58. The van der Waals surface area contributed by atoms with Gasteiger partial charge in [0.15, 0.2) is 5.82 Å². The van der Waals surface area contributed by atoms with Crippen molar-refractivity contribution in [2.24, 2.45) is 0 Å². The third kappa shape index (κ3) is 4.03. The van der Waals surface area contributed by atoms with Crippen LogP contribution in [0.25, 0.3) is 0 Å². The molecule has 2 amide bonds. The number of amides is 2. The van der Waals surface area contributed by atoms with Gasteiger partial charge in [-0.2, -0.15) is 5.10 Å². The molecule has 3 aromatic rings. The second-order valence-corrected chi connectivity index (χ2v) is 9.14. The van der Waals surface area contributed by atoms with E-state index in [-0.39, 0.29) is 23.8 Å². The lowest BCUT2D eigenvalue weighted by Gasteiger charge is -2.27. The first kappa shape index (κ1) is 21.4. The zero-order valence-corrected chi connectivity index (χ0v) is 19.1. The van der Waals surface area contributed by atoms with E-state index >= 15 is 0 Å². The minimum atomic E-state index is -0.179. The summed E-state index contributed by atoms with van der Waals surface area (Å²) in [6.45, 7) is 6.17. The molecule has 3 heterocycles. The van der Waals surface area contributed by atoms with Crippen molar-refractivity contribution in [2.45, 2.75) is 45.1 Å². The van der Waals surface area contributed by atoms with Crippen molar-refractivity contribution in [3.63, 3.8) is 0 Å². The molecule has 7 nitrogen and oxygen atoms in total. The molecular formula is C26H29N5O2. The van der Waals surface area contributed by atoms with Gasteiger partial charge >= 0.3 is 0 Å². The Morgan fingerprint density at radius 3 is 2.39 bits per heavy atom. The van der Waals surface area contributed by atoms with E-state index in [0.29, 0.717) is 23.5 Å². The van der Waals surface area contributed by atoms with Crippen molar-refractivity contribution < 1.29 is 9.59 Å². The monoisotopic (exact) mass is 443 g/mol. The average molecular weight is 444 g/mol. The van der Waals surface area contributed by atoms with E-state index in [1.54, 1.807) is 11.2 Å². The van der Waals surface area contributed by atoms with Crippen LogP contribution >= 0.6 is 0 Å². The van der Waals surface area contributed by atoms with E-state index in [0.717, 1.165) is 37.2 Å². The van der Waals surface area contributed by atoms with E-state index < -0.39 is 0 Å². The highest BCUT2D eigenvalue weighted by atomic mass is 16.2. The average Bonchev–Trinajstić information content (AvgIpc) is 3.49. The molecular weight excluding hydrogens is 414 g/mol. The first-order valence-corrected chi connectivity index (χ1v) is 11.7. The summed E-state index contributed by atoms with van der Waals surface area (Å²) in [6, 6.07) is 15.2. The van der Waals surface area contributed by atoms with Crippen LogP contribution in [0.3, 0.4) is 0 Å². The molecule has 5 rings (SSSR count). The Bertz CT molecular complexity index is 1160. The van der Waals surface area contributed by atoms with Gasteiger partial charge in [-0.3, -0.25) is 14.3 Å². The van der Waals surface area contributed by atoms with Crippen molar-refractivity contribution in [3.05, 3.63) is 77.4 Å². The van der Waals surface area contributed by atoms with Crippen molar-refractivity contribution in [3.8, 4) is 0 Å². The SMILES string of the molecule is CC(C)n1cnc([C@@H]2CN(C(=O)c3ccccc3)c3ccc(C(=O)N4CCCCC4)cc32)n1. The molecule has 0 saturated carbocycles. The number of aromatic nitrogens is 3. The van der Waals surface area contributed by atoms with Crippen LogP contribution in [0, 0.1) is 0 Å². The van der Waals surface area contributed by atoms with Gasteiger partial charge in [-0.25, -0.2) is 4.98 Å². The maximum Gasteiger partial charge on any atom is 0.258 e. The number of anilines is 1. The smallest absolute Gasteiger partial charge is 0.258 e. The van der Waals surface area contributed by atoms with Crippen LogP contribution in [0.5, 0.6) is 0 Å². The number of carbonyl (C=O) groups excluding carboxylic acids is 2. The number of rotatable bonds is 4. The first-order chi connectivity index (χ1) is 16.0. The second kappa shape index (κ2) is 8.81. The maximum atomic E-state index is 13.4. The lowest BCUT2D eigenvalue weighted by Crippen LogP contribution is -2.35. The number of hydrogen-bond donors (Lipinski definition) is 0. The van der Waals surface area contributed by atoms with Gasteiger partial charge in [0.1, 0.15) is 6.33 Å². The van der Waals surface area contributed by atoms with E-state index in [4.69, 9.17) is 5.10 Å². The van der Waals surface area contributed by atoms with Gasteiger partial charge in [0.05, 0.1) is 5.92 Å². The van der Waals surface area contributed by atoms with Crippen molar-refractivity contribution in [1.82, 2.24) is 19.7 Å². The molecule has 2 aromatic carbocycles. The highest BCUT2D eigenvalue weighted by Crippen LogP contribution is 2.40. The Morgan fingerprint density at radius 1 is 0.939 bits per heavy atom. The van der Waals surface area contributed by atoms with E-state index in [2.05, 4.69) is 18.8 Å². The number of carbonyl (C=O) groups is 2. The van der Waals surface area contributed by atoms with Crippen LogP contribution in [0.15, 0.2) is 54.9 Å². The number of benzene rings is 2. The fraction of sp³-hybridized carbons (Fsp3) is 0.385. The fourth-order valence-electron chi connectivity index (χ4n) is 4.72. The summed E-state index contributed by atoms with van der Waals surface area (Å²) >= 11 is 0. The Labute approximate surface area is 194 Å². The van der Waals surface area contributed by atoms with Gasteiger partial charge in [-0.05, 0) is 69.0 Å². The van der Waals surface area contributed by atoms with Crippen LogP contribution in [-0.4, -0.2) is 51.1 Å². The summed E-state index contributed by atoms with van der Waals surface area (Å²) in [6.07, 6.45) is 5.02. The Balaban J connectivity index is 1.53. The topological polar surface area (TPSA) is 71.3 Å². The minimum absolute atomic E-state index is 0.0576. The molecule has 1 aromatic heterocycles. The molecule has 0 N–H and O–H groups in total. The molecule has 1 fully saturated rings.